The number of halogens is 4. The Bertz CT molecular complexity index is 410. The molecule has 0 nitrogen and oxygen atoms in total. The first-order valence-electron chi connectivity index (χ1n) is 7.34. The number of rotatable bonds is 9. The van der Waals surface area contributed by atoms with Gasteiger partial charge in [-0.1, -0.05) is 63.5 Å². The van der Waals surface area contributed by atoms with Crippen LogP contribution >= 0.6 is 39.1 Å². The highest BCUT2D eigenvalue weighted by Gasteiger charge is 2.15. The van der Waals surface area contributed by atoms with Crippen LogP contribution in [0.4, 0.5) is 4.39 Å². The maximum atomic E-state index is 13.8. The van der Waals surface area contributed by atoms with Gasteiger partial charge in [0.15, 0.2) is 0 Å². The van der Waals surface area contributed by atoms with Gasteiger partial charge in [-0.05, 0) is 34.5 Å². The molecule has 1 atom stereocenters. The largest absolute Gasteiger partial charge is 0.207 e. The molecule has 1 rings (SSSR count). The van der Waals surface area contributed by atoms with Crippen LogP contribution in [0.3, 0.4) is 0 Å². The van der Waals surface area contributed by atoms with Crippen LogP contribution in [0, 0.1) is 5.82 Å². The summed E-state index contributed by atoms with van der Waals surface area (Å²) in [5, 5.41) is 0.211. The summed E-state index contributed by atoms with van der Waals surface area (Å²) in [6.07, 6.45) is 9.44. The summed E-state index contributed by atoms with van der Waals surface area (Å²) in [7, 11) is 0. The normalized spacial score (nSPS) is 12.7. The van der Waals surface area contributed by atoms with Crippen molar-refractivity contribution in [1.82, 2.24) is 0 Å². The summed E-state index contributed by atoms with van der Waals surface area (Å²) < 4.78 is 14.4. The van der Waals surface area contributed by atoms with Crippen LogP contribution in [0.25, 0.3) is 0 Å². The lowest BCUT2D eigenvalue weighted by atomic mass is 10.0. The summed E-state index contributed by atoms with van der Waals surface area (Å²) in [6, 6.07) is 3.01. The molecule has 1 aromatic carbocycles. The number of benzene rings is 1. The van der Waals surface area contributed by atoms with Crippen LogP contribution in [-0.2, 0) is 0 Å². The fourth-order valence-corrected chi connectivity index (χ4v) is 3.02. The Morgan fingerprint density at radius 1 is 1.10 bits per heavy atom. The topological polar surface area (TPSA) is 0 Å². The molecule has 0 aliphatic carbocycles. The molecule has 20 heavy (non-hydrogen) atoms. The molecule has 0 saturated heterocycles. The number of alkyl halides is 1. The molecule has 0 fully saturated rings. The Morgan fingerprint density at radius 3 is 2.35 bits per heavy atom. The third-order valence-electron chi connectivity index (χ3n) is 3.44. The zero-order valence-corrected chi connectivity index (χ0v) is 15.0. The Kier molecular flexibility index (Phi) is 9.15. The fraction of sp³-hybridized carbons (Fsp3) is 0.625. The molecule has 0 amide bonds. The first-order valence-corrected chi connectivity index (χ1v) is 8.95. The fourth-order valence-electron chi connectivity index (χ4n) is 2.21. The highest BCUT2D eigenvalue weighted by atomic mass is 79.9. The summed E-state index contributed by atoms with van der Waals surface area (Å²) in [5.41, 5.74) is 0.505. The van der Waals surface area contributed by atoms with Gasteiger partial charge < -0.3 is 0 Å². The van der Waals surface area contributed by atoms with Crippen molar-refractivity contribution in [2.24, 2.45) is 0 Å². The van der Waals surface area contributed by atoms with E-state index in [1.54, 1.807) is 6.07 Å². The third kappa shape index (κ3) is 6.32. The van der Waals surface area contributed by atoms with E-state index in [9.17, 15) is 4.39 Å². The van der Waals surface area contributed by atoms with Gasteiger partial charge in [-0.2, -0.15) is 0 Å². The Balaban J connectivity index is 2.32. The minimum atomic E-state index is -0.295. The molecule has 0 aliphatic rings. The van der Waals surface area contributed by atoms with Gasteiger partial charge >= 0.3 is 0 Å². The highest BCUT2D eigenvalue weighted by Crippen LogP contribution is 2.34. The molecule has 0 heterocycles. The number of unbranched alkanes of at least 4 members (excludes halogenated alkanes) is 6. The van der Waals surface area contributed by atoms with E-state index < -0.39 is 0 Å². The van der Waals surface area contributed by atoms with Crippen molar-refractivity contribution in [2.75, 3.05) is 0 Å². The molecule has 0 bridgehead atoms. The maximum Gasteiger partial charge on any atom is 0.129 e. The van der Waals surface area contributed by atoms with Crippen LogP contribution in [0.5, 0.6) is 0 Å². The predicted octanol–water partition coefficient (Wildman–Crippen LogP) is 7.66. The van der Waals surface area contributed by atoms with Crippen LogP contribution < -0.4 is 0 Å². The zero-order chi connectivity index (χ0) is 15.0. The number of hydrogen-bond acceptors (Lipinski definition) is 0. The van der Waals surface area contributed by atoms with E-state index in [1.807, 2.05) is 0 Å². The van der Waals surface area contributed by atoms with E-state index in [1.165, 1.54) is 44.6 Å². The van der Waals surface area contributed by atoms with Crippen LogP contribution in [0.15, 0.2) is 16.6 Å². The van der Waals surface area contributed by atoms with Crippen molar-refractivity contribution < 1.29 is 4.39 Å². The van der Waals surface area contributed by atoms with E-state index >= 15 is 0 Å². The van der Waals surface area contributed by atoms with Crippen molar-refractivity contribution in [1.29, 1.82) is 0 Å². The third-order valence-corrected chi connectivity index (χ3v) is 5.09. The quantitative estimate of drug-likeness (QED) is 0.233. The van der Waals surface area contributed by atoms with Crippen LogP contribution in [0.2, 0.25) is 5.02 Å². The van der Waals surface area contributed by atoms with Gasteiger partial charge in [0.2, 0.25) is 0 Å². The van der Waals surface area contributed by atoms with E-state index in [-0.39, 0.29) is 11.2 Å². The zero-order valence-electron chi connectivity index (χ0n) is 11.9. The first-order chi connectivity index (χ1) is 9.56. The van der Waals surface area contributed by atoms with Crippen molar-refractivity contribution in [3.63, 3.8) is 0 Å². The standard InChI is InChI=1S/C16H22BrCl2F/c1-2-3-4-5-6-7-8-9-14(18)12-10-15(19)13(17)11-16(12)20/h10-11,14H,2-9H2,1H3. The van der Waals surface area contributed by atoms with Gasteiger partial charge in [-0.3, -0.25) is 0 Å². The molecule has 0 spiro atoms. The van der Waals surface area contributed by atoms with Gasteiger partial charge in [0.1, 0.15) is 5.82 Å². The molecule has 0 N–H and O–H groups in total. The van der Waals surface area contributed by atoms with E-state index in [0.717, 1.165) is 12.8 Å². The Hall–Kier alpha value is 0.210. The molecule has 114 valence electrons. The molecular weight excluding hydrogens is 362 g/mol. The second-order valence-corrected chi connectivity index (χ2v) is 6.95. The Labute approximate surface area is 140 Å². The molecule has 0 aliphatic heterocycles. The van der Waals surface area contributed by atoms with Gasteiger partial charge in [0.25, 0.3) is 0 Å². The van der Waals surface area contributed by atoms with Crippen LogP contribution in [0.1, 0.15) is 69.2 Å². The molecule has 0 aromatic heterocycles. The average Bonchev–Trinajstić information content (AvgIpc) is 2.41. The lowest BCUT2D eigenvalue weighted by Gasteiger charge is -2.12. The molecule has 0 radical (unpaired) electrons. The van der Waals surface area contributed by atoms with Crippen LogP contribution in [-0.4, -0.2) is 0 Å². The second kappa shape index (κ2) is 10.0. The van der Waals surface area contributed by atoms with Crippen molar-refractivity contribution >= 4 is 39.1 Å². The minimum Gasteiger partial charge on any atom is -0.207 e. The van der Waals surface area contributed by atoms with Crippen molar-refractivity contribution in [3.8, 4) is 0 Å². The average molecular weight is 384 g/mol. The van der Waals surface area contributed by atoms with E-state index in [4.69, 9.17) is 23.2 Å². The lowest BCUT2D eigenvalue weighted by molar-refractivity contribution is 0.559. The monoisotopic (exact) mass is 382 g/mol. The second-order valence-electron chi connectivity index (χ2n) is 5.17. The smallest absolute Gasteiger partial charge is 0.129 e. The lowest BCUT2D eigenvalue weighted by Crippen LogP contribution is -1.96. The summed E-state index contributed by atoms with van der Waals surface area (Å²) >= 11 is 15.5. The summed E-state index contributed by atoms with van der Waals surface area (Å²) in [6.45, 7) is 2.22. The van der Waals surface area contributed by atoms with Crippen molar-refractivity contribution in [2.45, 2.75) is 63.7 Å². The van der Waals surface area contributed by atoms with Gasteiger partial charge in [0, 0.05) is 10.0 Å². The van der Waals surface area contributed by atoms with E-state index in [2.05, 4.69) is 22.9 Å². The van der Waals surface area contributed by atoms with E-state index in [0.29, 0.717) is 15.1 Å². The predicted molar refractivity (Wildman–Crippen MR) is 90.3 cm³/mol. The van der Waals surface area contributed by atoms with Gasteiger partial charge in [-0.15, -0.1) is 11.6 Å². The molecule has 1 unspecified atom stereocenters. The maximum absolute atomic E-state index is 13.8. The molecule has 0 saturated carbocycles. The highest BCUT2D eigenvalue weighted by molar-refractivity contribution is 9.10. The SMILES string of the molecule is CCCCCCCCCC(Cl)c1cc(Cl)c(Br)cc1F. The summed E-state index contributed by atoms with van der Waals surface area (Å²) in [4.78, 5) is 0. The molecular formula is C16H22BrCl2F. The van der Waals surface area contributed by atoms with Gasteiger partial charge in [-0.25, -0.2) is 4.39 Å². The molecule has 4 heteroatoms. The first kappa shape index (κ1) is 18.3. The Morgan fingerprint density at radius 2 is 1.70 bits per heavy atom. The molecule has 1 aromatic rings. The minimum absolute atomic E-state index is 0.288. The summed E-state index contributed by atoms with van der Waals surface area (Å²) in [5.74, 6) is -0.288. The number of hydrogen-bond donors (Lipinski definition) is 0. The van der Waals surface area contributed by atoms with Crippen molar-refractivity contribution in [3.05, 3.63) is 33.0 Å². The van der Waals surface area contributed by atoms with Gasteiger partial charge in [0.05, 0.1) is 10.4 Å².